The molecule has 1 aromatic heterocycles. The summed E-state index contributed by atoms with van der Waals surface area (Å²) < 4.78 is 0. The average Bonchev–Trinajstić information content (AvgIpc) is 2.49. The molecule has 2 aromatic rings. The largest absolute Gasteiger partial charge is 0.352 e. The van der Waals surface area contributed by atoms with Crippen molar-refractivity contribution in [2.75, 3.05) is 11.9 Å². The summed E-state index contributed by atoms with van der Waals surface area (Å²) in [6.07, 6.45) is 3.00. The summed E-state index contributed by atoms with van der Waals surface area (Å²) in [7, 11) is 0. The summed E-state index contributed by atoms with van der Waals surface area (Å²) >= 11 is 0. The van der Waals surface area contributed by atoms with E-state index in [-0.39, 0.29) is 17.7 Å². The molecule has 1 aliphatic rings. The van der Waals surface area contributed by atoms with Gasteiger partial charge >= 0.3 is 0 Å². The lowest BCUT2D eigenvalue weighted by Gasteiger charge is -2.24. The number of rotatable bonds is 5. The Morgan fingerprint density at radius 3 is 2.64 bits per heavy atom. The number of anilines is 1. The number of hydrogen-bond acceptors (Lipinski definition) is 3. The quantitative estimate of drug-likeness (QED) is 0.873. The third-order valence-corrected chi connectivity index (χ3v) is 4.61. The minimum Gasteiger partial charge on any atom is -0.352 e. The van der Waals surface area contributed by atoms with Gasteiger partial charge in [0.15, 0.2) is 0 Å². The molecular formula is C20H25N3O2. The van der Waals surface area contributed by atoms with Crippen LogP contribution in [0.5, 0.6) is 0 Å². The second-order valence-corrected chi connectivity index (χ2v) is 7.26. The third kappa shape index (κ3) is 3.98. The lowest BCUT2D eigenvalue weighted by atomic mass is 9.85. The minimum absolute atomic E-state index is 0.0341. The molecule has 1 fully saturated rings. The van der Waals surface area contributed by atoms with Gasteiger partial charge in [-0.1, -0.05) is 26.3 Å². The van der Waals surface area contributed by atoms with Gasteiger partial charge < -0.3 is 10.6 Å². The Hall–Kier alpha value is -2.43. The van der Waals surface area contributed by atoms with Crippen LogP contribution in [0.15, 0.2) is 24.3 Å². The van der Waals surface area contributed by atoms with E-state index in [4.69, 9.17) is 0 Å². The second kappa shape index (κ2) is 7.21. The molecule has 0 radical (unpaired) electrons. The summed E-state index contributed by atoms with van der Waals surface area (Å²) in [6.45, 7) is 6.63. The summed E-state index contributed by atoms with van der Waals surface area (Å²) in [6, 6.07) is 7.41. The van der Waals surface area contributed by atoms with Crippen LogP contribution in [0.3, 0.4) is 0 Å². The van der Waals surface area contributed by atoms with Gasteiger partial charge in [0.2, 0.25) is 5.91 Å². The van der Waals surface area contributed by atoms with E-state index in [1.54, 1.807) is 6.07 Å². The number of pyridine rings is 1. The summed E-state index contributed by atoms with van der Waals surface area (Å²) in [5, 5.41) is 6.71. The van der Waals surface area contributed by atoms with Crippen LogP contribution in [0.4, 0.5) is 5.69 Å². The number of amides is 2. The first-order valence-corrected chi connectivity index (χ1v) is 8.94. The molecule has 0 unspecified atom stereocenters. The van der Waals surface area contributed by atoms with Crippen LogP contribution in [0, 0.1) is 18.8 Å². The molecule has 0 aliphatic heterocycles. The molecule has 1 aliphatic carbocycles. The summed E-state index contributed by atoms with van der Waals surface area (Å²) in [5.41, 5.74) is 2.79. The van der Waals surface area contributed by atoms with Crippen LogP contribution in [-0.2, 0) is 4.79 Å². The van der Waals surface area contributed by atoms with Gasteiger partial charge in [-0.3, -0.25) is 14.6 Å². The number of nitrogens with zero attached hydrogens (tertiary/aromatic N) is 1. The zero-order chi connectivity index (χ0) is 18.0. The van der Waals surface area contributed by atoms with Crippen molar-refractivity contribution < 1.29 is 9.59 Å². The molecule has 5 heteroatoms. The molecule has 1 saturated carbocycles. The van der Waals surface area contributed by atoms with Crippen molar-refractivity contribution >= 4 is 28.4 Å². The van der Waals surface area contributed by atoms with E-state index >= 15 is 0 Å². The van der Waals surface area contributed by atoms with Crippen LogP contribution in [0.1, 0.15) is 49.2 Å². The van der Waals surface area contributed by atoms with Crippen molar-refractivity contribution in [2.24, 2.45) is 11.8 Å². The Morgan fingerprint density at radius 1 is 1.24 bits per heavy atom. The number of carbonyl (C=O) groups excluding carboxylic acids is 2. The van der Waals surface area contributed by atoms with Crippen molar-refractivity contribution in [2.45, 2.75) is 40.0 Å². The molecule has 0 atom stereocenters. The molecule has 0 saturated heterocycles. The van der Waals surface area contributed by atoms with Crippen molar-refractivity contribution in [1.29, 1.82) is 0 Å². The fraction of sp³-hybridized carbons (Fsp3) is 0.450. The number of aromatic nitrogens is 1. The van der Waals surface area contributed by atoms with Gasteiger partial charge in [-0.05, 0) is 43.9 Å². The lowest BCUT2D eigenvalue weighted by Crippen LogP contribution is -2.29. The Bertz CT molecular complexity index is 810. The van der Waals surface area contributed by atoms with E-state index < -0.39 is 0 Å². The van der Waals surface area contributed by atoms with Crippen LogP contribution >= 0.6 is 0 Å². The third-order valence-electron chi connectivity index (χ3n) is 4.61. The van der Waals surface area contributed by atoms with E-state index in [0.29, 0.717) is 23.7 Å². The first-order valence-electron chi connectivity index (χ1n) is 8.94. The monoisotopic (exact) mass is 339 g/mol. The highest BCUT2D eigenvalue weighted by Gasteiger charge is 2.25. The van der Waals surface area contributed by atoms with Gasteiger partial charge in [-0.25, -0.2) is 0 Å². The van der Waals surface area contributed by atoms with Crippen molar-refractivity contribution in [3.63, 3.8) is 0 Å². The smallest absolute Gasteiger partial charge is 0.252 e. The molecule has 0 bridgehead atoms. The van der Waals surface area contributed by atoms with E-state index in [1.807, 2.05) is 25.1 Å². The molecule has 1 heterocycles. The molecule has 25 heavy (non-hydrogen) atoms. The van der Waals surface area contributed by atoms with Crippen LogP contribution < -0.4 is 10.6 Å². The molecule has 0 spiro atoms. The Balaban J connectivity index is 1.94. The maximum atomic E-state index is 12.6. The van der Waals surface area contributed by atoms with Crippen LogP contribution in [0.25, 0.3) is 10.9 Å². The molecule has 5 nitrogen and oxygen atoms in total. The van der Waals surface area contributed by atoms with E-state index in [0.717, 1.165) is 35.9 Å². The number of nitrogens with one attached hydrogen (secondary N) is 2. The maximum absolute atomic E-state index is 12.6. The molecule has 1 aromatic carbocycles. The standard InChI is InChI=1S/C20H25N3O2/c1-12(2)11-21-20(25)17-9-15(23-19(24)14-5-4-6-14)10-18-16(17)8-7-13(3)22-18/h7-10,12,14H,4-6,11H2,1-3H3,(H,21,25)(H,23,24). The highest BCUT2D eigenvalue weighted by Crippen LogP contribution is 2.29. The fourth-order valence-electron chi connectivity index (χ4n) is 2.90. The first kappa shape index (κ1) is 17.4. The molecule has 132 valence electrons. The normalized spacial score (nSPS) is 14.4. The van der Waals surface area contributed by atoms with Crippen LogP contribution in [-0.4, -0.2) is 23.3 Å². The molecule has 3 rings (SSSR count). The number of fused-ring (bicyclic) bond motifs is 1. The van der Waals surface area contributed by atoms with E-state index in [9.17, 15) is 9.59 Å². The predicted octanol–water partition coefficient (Wildman–Crippen LogP) is 3.67. The number of aryl methyl sites for hydroxylation is 1. The van der Waals surface area contributed by atoms with Gasteiger partial charge in [0.25, 0.3) is 5.91 Å². The summed E-state index contributed by atoms with van der Waals surface area (Å²) in [5.74, 6) is 0.368. The summed E-state index contributed by atoms with van der Waals surface area (Å²) in [4.78, 5) is 29.4. The zero-order valence-corrected chi connectivity index (χ0v) is 15.1. The zero-order valence-electron chi connectivity index (χ0n) is 15.1. The van der Waals surface area contributed by atoms with Gasteiger partial charge in [-0.15, -0.1) is 0 Å². The predicted molar refractivity (Wildman–Crippen MR) is 99.6 cm³/mol. The van der Waals surface area contributed by atoms with Gasteiger partial charge in [0.1, 0.15) is 0 Å². The molecule has 2 N–H and O–H groups in total. The van der Waals surface area contributed by atoms with Crippen molar-refractivity contribution in [3.8, 4) is 0 Å². The Kier molecular flexibility index (Phi) is 5.02. The number of carbonyl (C=O) groups is 2. The van der Waals surface area contributed by atoms with E-state index in [2.05, 4.69) is 29.5 Å². The maximum Gasteiger partial charge on any atom is 0.252 e. The van der Waals surface area contributed by atoms with Crippen molar-refractivity contribution in [1.82, 2.24) is 10.3 Å². The fourth-order valence-corrected chi connectivity index (χ4v) is 2.90. The second-order valence-electron chi connectivity index (χ2n) is 7.26. The highest BCUT2D eigenvalue weighted by atomic mass is 16.2. The SMILES string of the molecule is Cc1ccc2c(C(=O)NCC(C)C)cc(NC(=O)C3CCC3)cc2n1. The topological polar surface area (TPSA) is 71.1 Å². The molecular weight excluding hydrogens is 314 g/mol. The minimum atomic E-state index is -0.135. The van der Waals surface area contributed by atoms with Crippen molar-refractivity contribution in [3.05, 3.63) is 35.5 Å². The molecule has 2 amide bonds. The van der Waals surface area contributed by atoms with Crippen LogP contribution in [0.2, 0.25) is 0 Å². The Morgan fingerprint density at radius 2 is 2.00 bits per heavy atom. The number of hydrogen-bond donors (Lipinski definition) is 2. The van der Waals surface area contributed by atoms with Gasteiger partial charge in [0.05, 0.1) is 11.1 Å². The van der Waals surface area contributed by atoms with Gasteiger partial charge in [-0.2, -0.15) is 0 Å². The first-order chi connectivity index (χ1) is 11.9. The lowest BCUT2D eigenvalue weighted by molar-refractivity contribution is -0.122. The van der Waals surface area contributed by atoms with Gasteiger partial charge in [0, 0.05) is 29.2 Å². The highest BCUT2D eigenvalue weighted by molar-refractivity contribution is 6.08. The van der Waals surface area contributed by atoms with E-state index in [1.165, 1.54) is 0 Å². The Labute approximate surface area is 148 Å². The average molecular weight is 339 g/mol. The number of benzene rings is 1.